The first kappa shape index (κ1) is 17.7. The molecule has 0 aliphatic rings. The van der Waals surface area contributed by atoms with Crippen molar-refractivity contribution in [3.8, 4) is 0 Å². The zero-order valence-corrected chi connectivity index (χ0v) is 14.4. The molecule has 1 heterocycles. The predicted octanol–water partition coefficient (Wildman–Crippen LogP) is 4.15. The molecule has 0 aliphatic carbocycles. The molecule has 0 bridgehead atoms. The first-order valence-electron chi connectivity index (χ1n) is 6.90. The molecule has 0 aromatic carbocycles. The highest BCUT2D eigenvalue weighted by Crippen LogP contribution is 2.21. The van der Waals surface area contributed by atoms with Gasteiger partial charge in [-0.25, -0.2) is 9.59 Å². The largest absolute Gasteiger partial charge is 0.461 e. The minimum Gasteiger partial charge on any atom is -0.461 e. The van der Waals surface area contributed by atoms with E-state index in [9.17, 15) is 9.59 Å². The summed E-state index contributed by atoms with van der Waals surface area (Å²) in [6, 6.07) is 0. The average Bonchev–Trinajstić information content (AvgIpc) is 2.80. The maximum atomic E-state index is 12.1. The summed E-state index contributed by atoms with van der Waals surface area (Å²) < 4.78 is 10.5. The van der Waals surface area contributed by atoms with Gasteiger partial charge >= 0.3 is 11.9 Å². The molecule has 0 aliphatic heterocycles. The molecule has 118 valence electrons. The lowest BCUT2D eigenvalue weighted by molar-refractivity contribution is 0.0324. The van der Waals surface area contributed by atoms with Gasteiger partial charge in [0.1, 0.15) is 0 Å². The highest BCUT2D eigenvalue weighted by molar-refractivity contribution is 7.08. The van der Waals surface area contributed by atoms with E-state index in [-0.39, 0.29) is 22.0 Å². The summed E-state index contributed by atoms with van der Waals surface area (Å²) in [7, 11) is 0. The van der Waals surface area contributed by atoms with Crippen LogP contribution in [-0.4, -0.2) is 25.2 Å². The number of carbonyl (C=O) groups is 2. The Morgan fingerprint density at radius 3 is 1.48 bits per heavy atom. The van der Waals surface area contributed by atoms with E-state index in [1.165, 1.54) is 11.3 Å². The van der Waals surface area contributed by atoms with E-state index in [1.54, 1.807) is 10.8 Å². The first-order chi connectivity index (χ1) is 9.49. The average molecular weight is 312 g/mol. The van der Waals surface area contributed by atoms with Crippen LogP contribution in [0.4, 0.5) is 0 Å². The van der Waals surface area contributed by atoms with Gasteiger partial charge in [0.15, 0.2) is 0 Å². The lowest BCUT2D eigenvalue weighted by Gasteiger charge is -2.19. The van der Waals surface area contributed by atoms with Gasteiger partial charge in [0.25, 0.3) is 0 Å². The van der Waals surface area contributed by atoms with Crippen molar-refractivity contribution < 1.29 is 19.1 Å². The number of thiophene rings is 1. The Labute approximate surface area is 130 Å². The Morgan fingerprint density at radius 2 is 1.19 bits per heavy atom. The van der Waals surface area contributed by atoms with Gasteiger partial charge in [-0.1, -0.05) is 41.5 Å². The number of ether oxygens (including phenoxy) is 2. The zero-order chi connectivity index (χ0) is 16.3. The fourth-order valence-corrected chi connectivity index (χ4v) is 2.12. The van der Waals surface area contributed by atoms with Crippen LogP contribution in [0.2, 0.25) is 0 Å². The van der Waals surface area contributed by atoms with Crippen LogP contribution in [0.3, 0.4) is 0 Å². The summed E-state index contributed by atoms with van der Waals surface area (Å²) >= 11 is 1.29. The number of hydrogen-bond donors (Lipinski definition) is 0. The molecule has 1 rings (SSSR count). The first-order valence-corrected chi connectivity index (χ1v) is 7.84. The summed E-state index contributed by atoms with van der Waals surface area (Å²) in [6.07, 6.45) is 0. The Hall–Kier alpha value is -1.36. The molecule has 4 nitrogen and oxygen atoms in total. The third-order valence-electron chi connectivity index (χ3n) is 2.37. The van der Waals surface area contributed by atoms with Gasteiger partial charge in [0.05, 0.1) is 24.3 Å². The third-order valence-corrected chi connectivity index (χ3v) is 3.12. The van der Waals surface area contributed by atoms with Gasteiger partial charge in [-0.2, -0.15) is 11.3 Å². The molecular formula is C16H24O4S. The third kappa shape index (κ3) is 6.29. The van der Waals surface area contributed by atoms with Crippen LogP contribution in [-0.2, 0) is 9.47 Å². The smallest absolute Gasteiger partial charge is 0.339 e. The van der Waals surface area contributed by atoms with Crippen molar-refractivity contribution in [2.24, 2.45) is 10.8 Å². The van der Waals surface area contributed by atoms with Crippen molar-refractivity contribution in [3.63, 3.8) is 0 Å². The van der Waals surface area contributed by atoms with E-state index in [1.807, 2.05) is 41.5 Å². The Bertz CT molecular complexity index is 459. The molecule has 1 aromatic rings. The summed E-state index contributed by atoms with van der Waals surface area (Å²) in [5.41, 5.74) is 0.336. The summed E-state index contributed by atoms with van der Waals surface area (Å²) in [4.78, 5) is 24.1. The van der Waals surface area contributed by atoms with Crippen LogP contribution in [0, 0.1) is 10.8 Å². The quantitative estimate of drug-likeness (QED) is 0.784. The minimum absolute atomic E-state index is 0.113. The van der Waals surface area contributed by atoms with Gasteiger partial charge in [0, 0.05) is 10.8 Å². The molecule has 0 fully saturated rings. The van der Waals surface area contributed by atoms with Crippen LogP contribution >= 0.6 is 11.3 Å². The molecule has 0 atom stereocenters. The standard InChI is InChI=1S/C16H24O4S/c1-15(2,3)9-19-13(17)11-7-21-8-12(11)14(18)20-10-16(4,5)6/h7-8H,9-10H2,1-6H3. The van der Waals surface area contributed by atoms with E-state index >= 15 is 0 Å². The van der Waals surface area contributed by atoms with Crippen molar-refractivity contribution in [2.45, 2.75) is 41.5 Å². The van der Waals surface area contributed by atoms with Gasteiger partial charge in [0.2, 0.25) is 0 Å². The summed E-state index contributed by atoms with van der Waals surface area (Å²) in [5, 5.41) is 3.25. The molecule has 0 unspecified atom stereocenters. The van der Waals surface area contributed by atoms with Crippen LogP contribution < -0.4 is 0 Å². The van der Waals surface area contributed by atoms with Gasteiger partial charge in [-0.15, -0.1) is 0 Å². The van der Waals surface area contributed by atoms with E-state index in [2.05, 4.69) is 0 Å². The molecule has 0 amide bonds. The highest BCUT2D eigenvalue weighted by Gasteiger charge is 2.23. The molecule has 0 saturated heterocycles. The lowest BCUT2D eigenvalue weighted by atomic mass is 9.98. The number of rotatable bonds is 4. The second-order valence-electron chi connectivity index (χ2n) is 7.47. The van der Waals surface area contributed by atoms with Crippen molar-refractivity contribution in [3.05, 3.63) is 21.9 Å². The zero-order valence-electron chi connectivity index (χ0n) is 13.6. The molecule has 0 spiro atoms. The van der Waals surface area contributed by atoms with Gasteiger partial charge < -0.3 is 9.47 Å². The molecule has 5 heteroatoms. The van der Waals surface area contributed by atoms with Crippen LogP contribution in [0.1, 0.15) is 62.3 Å². The van der Waals surface area contributed by atoms with Crippen LogP contribution in [0.25, 0.3) is 0 Å². The lowest BCUT2D eigenvalue weighted by Crippen LogP contribution is -2.21. The van der Waals surface area contributed by atoms with Gasteiger partial charge in [-0.3, -0.25) is 0 Å². The van der Waals surface area contributed by atoms with E-state index < -0.39 is 11.9 Å². The van der Waals surface area contributed by atoms with E-state index in [4.69, 9.17) is 9.47 Å². The molecule has 0 saturated carbocycles. The summed E-state index contributed by atoms with van der Waals surface area (Å²) in [5.74, 6) is -0.956. The predicted molar refractivity (Wildman–Crippen MR) is 83.8 cm³/mol. The molecule has 0 N–H and O–H groups in total. The Morgan fingerprint density at radius 1 is 0.857 bits per heavy atom. The normalized spacial score (nSPS) is 12.1. The fraction of sp³-hybridized carbons (Fsp3) is 0.625. The summed E-state index contributed by atoms with van der Waals surface area (Å²) in [6.45, 7) is 12.5. The van der Waals surface area contributed by atoms with Crippen molar-refractivity contribution in [1.29, 1.82) is 0 Å². The Kier molecular flexibility index (Phi) is 5.56. The monoisotopic (exact) mass is 312 g/mol. The molecule has 21 heavy (non-hydrogen) atoms. The molecule has 1 aromatic heterocycles. The second kappa shape index (κ2) is 6.60. The Balaban J connectivity index is 2.72. The van der Waals surface area contributed by atoms with Crippen LogP contribution in [0.5, 0.6) is 0 Å². The van der Waals surface area contributed by atoms with Crippen molar-refractivity contribution in [2.75, 3.05) is 13.2 Å². The van der Waals surface area contributed by atoms with Gasteiger partial charge in [-0.05, 0) is 10.8 Å². The van der Waals surface area contributed by atoms with Crippen LogP contribution in [0.15, 0.2) is 10.8 Å². The van der Waals surface area contributed by atoms with Crippen molar-refractivity contribution in [1.82, 2.24) is 0 Å². The minimum atomic E-state index is -0.478. The molecular weight excluding hydrogens is 288 g/mol. The SMILES string of the molecule is CC(C)(C)COC(=O)c1cscc1C(=O)OCC(C)(C)C. The maximum Gasteiger partial charge on any atom is 0.339 e. The highest BCUT2D eigenvalue weighted by atomic mass is 32.1. The topological polar surface area (TPSA) is 52.6 Å². The van der Waals surface area contributed by atoms with E-state index in [0.29, 0.717) is 13.2 Å². The molecule has 0 radical (unpaired) electrons. The number of carbonyl (C=O) groups excluding carboxylic acids is 2. The number of hydrogen-bond acceptors (Lipinski definition) is 5. The van der Waals surface area contributed by atoms with E-state index in [0.717, 1.165) is 0 Å². The van der Waals surface area contributed by atoms with Crippen molar-refractivity contribution >= 4 is 23.3 Å². The maximum absolute atomic E-state index is 12.1. The number of esters is 2. The fourth-order valence-electron chi connectivity index (χ4n) is 1.33. The second-order valence-corrected chi connectivity index (χ2v) is 8.22.